The second-order valence-electron chi connectivity index (χ2n) is 6.73. The number of benzene rings is 2. The summed E-state index contributed by atoms with van der Waals surface area (Å²) in [7, 11) is 1.70. The Morgan fingerprint density at radius 2 is 1.81 bits per heavy atom. The first-order chi connectivity index (χ1) is 13.1. The molecule has 4 nitrogen and oxygen atoms in total. The summed E-state index contributed by atoms with van der Waals surface area (Å²) in [5, 5.41) is 13.7. The van der Waals surface area contributed by atoms with E-state index in [0.717, 1.165) is 46.7 Å². The maximum Gasteiger partial charge on any atom is 0.127 e. The van der Waals surface area contributed by atoms with Gasteiger partial charge in [-0.2, -0.15) is 0 Å². The lowest BCUT2D eigenvalue weighted by atomic mass is 9.98. The average Bonchev–Trinajstić information content (AvgIpc) is 2.67. The van der Waals surface area contributed by atoms with E-state index in [1.165, 1.54) is 5.56 Å². The maximum absolute atomic E-state index is 10.4. The van der Waals surface area contributed by atoms with E-state index in [1.807, 2.05) is 37.3 Å². The molecular formula is C23H26N2O2. The molecule has 0 fully saturated rings. The lowest BCUT2D eigenvalue weighted by Gasteiger charge is -2.14. The number of nitrogens with one attached hydrogen (secondary N) is 1. The third kappa shape index (κ3) is 4.66. The van der Waals surface area contributed by atoms with Crippen LogP contribution in [0.4, 0.5) is 5.82 Å². The minimum absolute atomic E-state index is 0.236. The monoisotopic (exact) mass is 362 g/mol. The van der Waals surface area contributed by atoms with Gasteiger partial charge in [0.25, 0.3) is 0 Å². The van der Waals surface area contributed by atoms with Crippen LogP contribution >= 0.6 is 0 Å². The molecule has 0 saturated carbocycles. The molecule has 27 heavy (non-hydrogen) atoms. The summed E-state index contributed by atoms with van der Waals surface area (Å²) in [4.78, 5) is 4.75. The number of nitrogens with zero attached hydrogens (tertiary/aromatic N) is 1. The fourth-order valence-corrected chi connectivity index (χ4v) is 3.10. The summed E-state index contributed by atoms with van der Waals surface area (Å²) < 4.78 is 5.12. The number of methoxy groups -OCH3 is 1. The van der Waals surface area contributed by atoms with Gasteiger partial charge in [-0.15, -0.1) is 0 Å². The third-order valence-electron chi connectivity index (χ3n) is 4.54. The van der Waals surface area contributed by atoms with Gasteiger partial charge in [-0.05, 0) is 61.2 Å². The Morgan fingerprint density at radius 1 is 1.00 bits per heavy atom. The van der Waals surface area contributed by atoms with Crippen molar-refractivity contribution in [1.29, 1.82) is 0 Å². The molecule has 2 N–H and O–H groups in total. The largest absolute Gasteiger partial charge is 0.507 e. The quantitative estimate of drug-likeness (QED) is 0.568. The molecule has 0 aliphatic rings. The van der Waals surface area contributed by atoms with E-state index >= 15 is 0 Å². The zero-order valence-electron chi connectivity index (χ0n) is 16.1. The van der Waals surface area contributed by atoms with E-state index in [4.69, 9.17) is 9.72 Å². The number of anilines is 1. The normalized spacial score (nSPS) is 10.8. The average molecular weight is 362 g/mol. The molecule has 0 aliphatic heterocycles. The minimum Gasteiger partial charge on any atom is -0.507 e. The molecule has 0 saturated heterocycles. The number of pyridine rings is 1. The molecule has 1 aromatic heterocycles. The number of aromatic nitrogens is 1. The van der Waals surface area contributed by atoms with E-state index in [1.54, 1.807) is 13.2 Å². The van der Waals surface area contributed by atoms with Crippen LogP contribution in [-0.4, -0.2) is 30.4 Å². The molecule has 0 bridgehead atoms. The van der Waals surface area contributed by atoms with Crippen molar-refractivity contribution in [3.05, 3.63) is 65.7 Å². The lowest BCUT2D eigenvalue weighted by molar-refractivity contribution is 0.198. The number of phenols is 1. The molecule has 0 amide bonds. The zero-order valence-corrected chi connectivity index (χ0v) is 16.1. The van der Waals surface area contributed by atoms with Crippen molar-refractivity contribution < 1.29 is 9.84 Å². The highest BCUT2D eigenvalue weighted by Gasteiger charge is 2.11. The predicted molar refractivity (Wildman–Crippen MR) is 111 cm³/mol. The number of hydrogen-bond donors (Lipinski definition) is 2. The summed E-state index contributed by atoms with van der Waals surface area (Å²) in [6.45, 7) is 5.59. The number of rotatable bonds is 7. The molecule has 0 radical (unpaired) electrons. The van der Waals surface area contributed by atoms with Crippen molar-refractivity contribution in [1.82, 2.24) is 4.98 Å². The Morgan fingerprint density at radius 3 is 2.59 bits per heavy atom. The highest BCUT2D eigenvalue weighted by Crippen LogP contribution is 2.34. The summed E-state index contributed by atoms with van der Waals surface area (Å²) in [5.41, 5.74) is 6.02. The Labute approximate surface area is 160 Å². The third-order valence-corrected chi connectivity index (χ3v) is 4.54. The molecule has 4 heteroatoms. The molecule has 0 spiro atoms. The van der Waals surface area contributed by atoms with Crippen molar-refractivity contribution in [3.8, 4) is 28.1 Å². The van der Waals surface area contributed by atoms with Gasteiger partial charge in [0.1, 0.15) is 11.6 Å². The minimum atomic E-state index is 0.236. The van der Waals surface area contributed by atoms with Crippen LogP contribution in [0.15, 0.2) is 54.6 Å². The maximum atomic E-state index is 10.4. The van der Waals surface area contributed by atoms with Crippen molar-refractivity contribution in [2.45, 2.75) is 20.3 Å². The van der Waals surface area contributed by atoms with Crippen molar-refractivity contribution >= 4 is 5.82 Å². The van der Waals surface area contributed by atoms with Crippen LogP contribution in [0.2, 0.25) is 0 Å². The topological polar surface area (TPSA) is 54.4 Å². The predicted octanol–water partition coefficient (Wildman–Crippen LogP) is 5.19. The van der Waals surface area contributed by atoms with Gasteiger partial charge in [0.05, 0.1) is 5.69 Å². The van der Waals surface area contributed by atoms with Crippen LogP contribution in [0.25, 0.3) is 22.4 Å². The standard InChI is InChI=1S/C23H26N2O2/c1-16-9-10-22(26)20(13-16)21-14-18(19-8-5-4-7-17(19)2)15-23(25-21)24-11-6-12-27-3/h4-5,7-10,13-15,26H,6,11-12H2,1-3H3,(H,24,25). The molecule has 3 rings (SSSR count). The van der Waals surface area contributed by atoms with Gasteiger partial charge in [-0.25, -0.2) is 4.98 Å². The number of phenolic OH excluding ortho intramolecular Hbond substituents is 1. The van der Waals surface area contributed by atoms with Gasteiger partial charge in [0.15, 0.2) is 0 Å². The number of aryl methyl sites for hydroxylation is 2. The molecule has 3 aromatic rings. The van der Waals surface area contributed by atoms with E-state index < -0.39 is 0 Å². The van der Waals surface area contributed by atoms with Gasteiger partial charge in [-0.3, -0.25) is 0 Å². The number of aromatic hydroxyl groups is 1. The number of ether oxygens (including phenoxy) is 1. The summed E-state index contributed by atoms with van der Waals surface area (Å²) in [6, 6.07) is 18.0. The molecular weight excluding hydrogens is 336 g/mol. The van der Waals surface area contributed by atoms with Gasteiger partial charge >= 0.3 is 0 Å². The van der Waals surface area contributed by atoms with Crippen LogP contribution in [0, 0.1) is 13.8 Å². The van der Waals surface area contributed by atoms with E-state index in [2.05, 4.69) is 30.4 Å². The van der Waals surface area contributed by atoms with E-state index in [9.17, 15) is 5.11 Å². The molecule has 0 unspecified atom stereocenters. The van der Waals surface area contributed by atoms with E-state index in [0.29, 0.717) is 6.61 Å². The molecule has 1 heterocycles. The Balaban J connectivity index is 2.05. The first-order valence-electron chi connectivity index (χ1n) is 9.19. The lowest BCUT2D eigenvalue weighted by Crippen LogP contribution is -2.06. The summed E-state index contributed by atoms with van der Waals surface area (Å²) >= 11 is 0. The fraction of sp³-hybridized carbons (Fsp3) is 0.261. The Bertz CT molecular complexity index is 922. The Kier molecular flexibility index (Phi) is 6.09. The summed E-state index contributed by atoms with van der Waals surface area (Å²) in [5.74, 6) is 1.03. The first kappa shape index (κ1) is 18.9. The SMILES string of the molecule is COCCCNc1cc(-c2ccccc2C)cc(-c2cc(C)ccc2O)n1. The smallest absolute Gasteiger partial charge is 0.127 e. The second-order valence-corrected chi connectivity index (χ2v) is 6.73. The van der Waals surface area contributed by atoms with Crippen molar-refractivity contribution in [3.63, 3.8) is 0 Å². The molecule has 2 aromatic carbocycles. The van der Waals surface area contributed by atoms with Gasteiger partial charge < -0.3 is 15.2 Å². The van der Waals surface area contributed by atoms with Crippen LogP contribution in [-0.2, 0) is 4.74 Å². The van der Waals surface area contributed by atoms with Crippen LogP contribution in [0.3, 0.4) is 0 Å². The molecule has 0 aliphatic carbocycles. The highest BCUT2D eigenvalue weighted by molar-refractivity contribution is 5.77. The van der Waals surface area contributed by atoms with E-state index in [-0.39, 0.29) is 5.75 Å². The fourth-order valence-electron chi connectivity index (χ4n) is 3.10. The second kappa shape index (κ2) is 8.69. The molecule has 140 valence electrons. The zero-order chi connectivity index (χ0) is 19.2. The van der Waals surface area contributed by atoms with Gasteiger partial charge in [-0.1, -0.05) is 35.9 Å². The van der Waals surface area contributed by atoms with Gasteiger partial charge in [0, 0.05) is 25.8 Å². The van der Waals surface area contributed by atoms with Crippen molar-refractivity contribution in [2.24, 2.45) is 0 Å². The van der Waals surface area contributed by atoms with Gasteiger partial charge in [0.2, 0.25) is 0 Å². The molecule has 0 atom stereocenters. The van der Waals surface area contributed by atoms with Crippen molar-refractivity contribution in [2.75, 3.05) is 25.6 Å². The summed E-state index contributed by atoms with van der Waals surface area (Å²) in [6.07, 6.45) is 0.901. The van der Waals surface area contributed by atoms with Crippen LogP contribution < -0.4 is 5.32 Å². The van der Waals surface area contributed by atoms with Crippen LogP contribution in [0.1, 0.15) is 17.5 Å². The first-order valence-corrected chi connectivity index (χ1v) is 9.19. The highest BCUT2D eigenvalue weighted by atomic mass is 16.5. The number of hydrogen-bond acceptors (Lipinski definition) is 4. The Hall–Kier alpha value is -2.85. The van der Waals surface area contributed by atoms with Crippen LogP contribution in [0.5, 0.6) is 5.75 Å².